The minimum Gasteiger partial charge on any atom is -0.391 e. The lowest BCUT2D eigenvalue weighted by Gasteiger charge is -2.19. The van der Waals surface area contributed by atoms with E-state index in [0.717, 1.165) is 50.1 Å². The maximum absolute atomic E-state index is 12.3. The summed E-state index contributed by atoms with van der Waals surface area (Å²) < 4.78 is 0. The molecule has 0 radical (unpaired) electrons. The van der Waals surface area contributed by atoms with E-state index in [0.29, 0.717) is 17.5 Å². The highest BCUT2D eigenvalue weighted by Crippen LogP contribution is 2.10. The minimum absolute atomic E-state index is 0.267. The van der Waals surface area contributed by atoms with Crippen molar-refractivity contribution in [3.63, 3.8) is 0 Å². The summed E-state index contributed by atoms with van der Waals surface area (Å²) in [6, 6.07) is 13.2. The topological polar surface area (TPSA) is 131 Å². The van der Waals surface area contributed by atoms with Gasteiger partial charge in [-0.3, -0.25) is 19.6 Å². The van der Waals surface area contributed by atoms with E-state index >= 15 is 0 Å². The normalized spacial score (nSPS) is 14.5. The second kappa shape index (κ2) is 13.4. The molecule has 1 fully saturated rings. The summed E-state index contributed by atoms with van der Waals surface area (Å²) in [6.45, 7) is 4.64. The average Bonchev–Trinajstić information content (AvgIpc) is 3.30. The van der Waals surface area contributed by atoms with Crippen LogP contribution in [-0.2, 0) is 16.1 Å². The van der Waals surface area contributed by atoms with E-state index in [4.69, 9.17) is 5.21 Å². The molecule has 2 aromatic rings. The molecule has 3 rings (SSSR count). The molecular weight excluding hydrogens is 460 g/mol. The van der Waals surface area contributed by atoms with E-state index in [1.807, 2.05) is 29.2 Å². The monoisotopic (exact) mass is 492 g/mol. The lowest BCUT2D eigenvalue weighted by Crippen LogP contribution is -2.51. The first kappa shape index (κ1) is 26.9. The minimum atomic E-state index is -1.28. The van der Waals surface area contributed by atoms with Crippen molar-refractivity contribution in [3.8, 4) is 11.8 Å². The Kier molecular flexibility index (Phi) is 10.0. The van der Waals surface area contributed by atoms with E-state index in [1.165, 1.54) is 12.4 Å². The summed E-state index contributed by atoms with van der Waals surface area (Å²) >= 11 is 0. The number of hydrogen-bond donors (Lipinski definition) is 5. The number of aliphatic hydroxyl groups is 1. The molecule has 9 nitrogen and oxygen atoms in total. The number of aliphatic hydroxyl groups excluding tert-OH is 1. The van der Waals surface area contributed by atoms with Crippen molar-refractivity contribution < 1.29 is 24.7 Å². The van der Waals surface area contributed by atoms with E-state index in [9.17, 15) is 19.5 Å². The maximum Gasteiger partial charge on any atom is 0.268 e. The number of rotatable bonds is 10. The number of carbonyl (C=O) groups excluding carboxylic acids is 3. The second-order valence-corrected chi connectivity index (χ2v) is 8.71. The van der Waals surface area contributed by atoms with Gasteiger partial charge in [-0.1, -0.05) is 24.0 Å². The molecular formula is C27H32N4O5. The lowest BCUT2D eigenvalue weighted by atomic mass is 10.1. The van der Waals surface area contributed by atoms with Gasteiger partial charge in [-0.2, -0.15) is 0 Å². The molecule has 5 N–H and O–H groups in total. The highest BCUT2D eigenvalue weighted by Gasteiger charge is 2.25. The Hall–Kier alpha value is -3.71. The van der Waals surface area contributed by atoms with Crippen LogP contribution in [0.25, 0.3) is 0 Å². The van der Waals surface area contributed by atoms with Crippen LogP contribution in [0.5, 0.6) is 0 Å². The summed E-state index contributed by atoms with van der Waals surface area (Å²) in [6.07, 6.45) is 1.42. The molecule has 0 bridgehead atoms. The Morgan fingerprint density at radius 2 is 1.69 bits per heavy atom. The highest BCUT2D eigenvalue weighted by atomic mass is 16.5. The van der Waals surface area contributed by atoms with Gasteiger partial charge in [-0.25, -0.2) is 5.48 Å². The number of hydroxylamine groups is 1. The molecule has 0 spiro atoms. The van der Waals surface area contributed by atoms with Crippen molar-refractivity contribution in [2.75, 3.05) is 19.6 Å². The molecule has 1 aliphatic heterocycles. The number of hydrogen-bond acceptors (Lipinski definition) is 6. The standard InChI is InChI=1S/C27H32N4O5/c1-19(32)25(27(35)30-36)29-26(34)23-13-11-21(12-14-23)6-5-20-7-9-22(10-8-20)18-28-15-3-17-31-16-2-4-24(31)33/h7-14,19,25,28,32,36H,2-4,15-18H2,1H3,(H,29,34)(H,30,35). The number of nitrogens with one attached hydrogen (secondary N) is 3. The Morgan fingerprint density at radius 1 is 1.06 bits per heavy atom. The van der Waals surface area contributed by atoms with Crippen LogP contribution in [0.3, 0.4) is 0 Å². The maximum atomic E-state index is 12.3. The Labute approximate surface area is 210 Å². The molecule has 2 aromatic carbocycles. The Morgan fingerprint density at radius 3 is 2.25 bits per heavy atom. The Bertz CT molecular complexity index is 1100. The number of nitrogens with zero attached hydrogens (tertiary/aromatic N) is 1. The third-order valence-electron chi connectivity index (χ3n) is 5.90. The van der Waals surface area contributed by atoms with Gasteiger partial charge in [-0.15, -0.1) is 0 Å². The third-order valence-corrected chi connectivity index (χ3v) is 5.90. The molecule has 9 heteroatoms. The molecule has 2 unspecified atom stereocenters. The zero-order chi connectivity index (χ0) is 25.9. The van der Waals surface area contributed by atoms with Crippen LogP contribution in [0, 0.1) is 11.8 Å². The smallest absolute Gasteiger partial charge is 0.268 e. The summed E-state index contributed by atoms with van der Waals surface area (Å²) in [7, 11) is 0. The first-order valence-electron chi connectivity index (χ1n) is 12.0. The number of benzene rings is 2. The largest absolute Gasteiger partial charge is 0.391 e. The van der Waals surface area contributed by atoms with Gasteiger partial charge >= 0.3 is 0 Å². The van der Waals surface area contributed by atoms with Gasteiger partial charge in [0, 0.05) is 42.7 Å². The average molecular weight is 493 g/mol. The first-order valence-corrected chi connectivity index (χ1v) is 12.0. The van der Waals surface area contributed by atoms with Gasteiger partial charge in [0.2, 0.25) is 5.91 Å². The van der Waals surface area contributed by atoms with E-state index in [-0.39, 0.29) is 5.91 Å². The first-order chi connectivity index (χ1) is 17.4. The van der Waals surface area contributed by atoms with Gasteiger partial charge in [0.25, 0.3) is 11.8 Å². The molecule has 0 aliphatic carbocycles. The Balaban J connectivity index is 1.46. The predicted molar refractivity (Wildman–Crippen MR) is 134 cm³/mol. The van der Waals surface area contributed by atoms with Gasteiger partial charge in [-0.05, 0) is 68.3 Å². The van der Waals surface area contributed by atoms with E-state index in [2.05, 4.69) is 22.5 Å². The van der Waals surface area contributed by atoms with Crippen molar-refractivity contribution >= 4 is 17.7 Å². The molecule has 36 heavy (non-hydrogen) atoms. The van der Waals surface area contributed by atoms with Crippen molar-refractivity contribution in [1.82, 2.24) is 21.0 Å². The van der Waals surface area contributed by atoms with Crippen LogP contribution < -0.4 is 16.1 Å². The highest BCUT2D eigenvalue weighted by molar-refractivity contribution is 5.97. The quantitative estimate of drug-likeness (QED) is 0.147. The molecule has 190 valence electrons. The van der Waals surface area contributed by atoms with Crippen molar-refractivity contribution in [1.29, 1.82) is 0 Å². The molecule has 0 saturated carbocycles. The summed E-state index contributed by atoms with van der Waals surface area (Å²) in [5.41, 5.74) is 4.45. The van der Waals surface area contributed by atoms with Gasteiger partial charge in [0.1, 0.15) is 6.04 Å². The fraction of sp³-hybridized carbons (Fsp3) is 0.370. The molecule has 2 atom stereocenters. The van der Waals surface area contributed by atoms with Crippen molar-refractivity contribution in [2.45, 2.75) is 44.9 Å². The van der Waals surface area contributed by atoms with Crippen LogP contribution >= 0.6 is 0 Å². The van der Waals surface area contributed by atoms with Crippen LogP contribution in [0.1, 0.15) is 53.2 Å². The van der Waals surface area contributed by atoms with E-state index < -0.39 is 24.0 Å². The molecule has 3 amide bonds. The fourth-order valence-corrected chi connectivity index (χ4v) is 3.82. The lowest BCUT2D eigenvalue weighted by molar-refractivity contribution is -0.133. The van der Waals surface area contributed by atoms with Crippen molar-refractivity contribution in [2.24, 2.45) is 0 Å². The van der Waals surface area contributed by atoms with E-state index in [1.54, 1.807) is 24.3 Å². The number of amides is 3. The zero-order valence-electron chi connectivity index (χ0n) is 20.3. The SMILES string of the molecule is CC(O)C(NC(=O)c1ccc(C#Cc2ccc(CNCCCN3CCCC3=O)cc2)cc1)C(=O)NO. The van der Waals surface area contributed by atoms with Crippen molar-refractivity contribution in [3.05, 3.63) is 70.8 Å². The molecule has 0 aromatic heterocycles. The fourth-order valence-electron chi connectivity index (χ4n) is 3.82. The summed E-state index contributed by atoms with van der Waals surface area (Å²) in [4.78, 5) is 37.5. The molecule has 1 saturated heterocycles. The van der Waals surface area contributed by atoms with Crippen LogP contribution in [0.2, 0.25) is 0 Å². The van der Waals surface area contributed by atoms with Gasteiger partial charge < -0.3 is 20.6 Å². The summed E-state index contributed by atoms with van der Waals surface area (Å²) in [5.74, 6) is 4.96. The molecule has 1 heterocycles. The number of carbonyl (C=O) groups is 3. The van der Waals surface area contributed by atoms with Gasteiger partial charge in [0.05, 0.1) is 6.10 Å². The molecule has 1 aliphatic rings. The summed E-state index contributed by atoms with van der Waals surface area (Å²) in [5, 5.41) is 24.2. The van der Waals surface area contributed by atoms with Crippen LogP contribution in [0.4, 0.5) is 0 Å². The zero-order valence-corrected chi connectivity index (χ0v) is 20.3. The third kappa shape index (κ3) is 7.92. The predicted octanol–water partition coefficient (Wildman–Crippen LogP) is 1.17. The van der Waals surface area contributed by atoms with Gasteiger partial charge in [0.15, 0.2) is 0 Å². The number of likely N-dealkylation sites (tertiary alicyclic amines) is 1. The van der Waals surface area contributed by atoms with Crippen LogP contribution in [-0.4, -0.2) is 64.7 Å². The second-order valence-electron chi connectivity index (χ2n) is 8.71. The van der Waals surface area contributed by atoms with Crippen LogP contribution in [0.15, 0.2) is 48.5 Å².